The molecule has 5 rings (SSSR count). The van der Waals surface area contributed by atoms with Gasteiger partial charge in [-0.15, -0.1) is 5.10 Å². The van der Waals surface area contributed by atoms with Gasteiger partial charge in [0, 0.05) is 47.2 Å². The van der Waals surface area contributed by atoms with Crippen LogP contribution in [0.3, 0.4) is 0 Å². The molecule has 0 radical (unpaired) electrons. The van der Waals surface area contributed by atoms with Crippen LogP contribution >= 0.6 is 0 Å². The van der Waals surface area contributed by atoms with Gasteiger partial charge in [0.2, 0.25) is 0 Å². The predicted molar refractivity (Wildman–Crippen MR) is 107 cm³/mol. The number of aryl methyl sites for hydroxylation is 2. The molecule has 7 nitrogen and oxygen atoms in total. The van der Waals surface area contributed by atoms with E-state index in [4.69, 9.17) is 0 Å². The summed E-state index contributed by atoms with van der Waals surface area (Å²) in [7, 11) is 1.89. The average molecular weight is 367 g/mol. The van der Waals surface area contributed by atoms with Crippen LogP contribution in [0.1, 0.15) is 5.69 Å². The van der Waals surface area contributed by atoms with E-state index in [1.54, 1.807) is 10.9 Å². The summed E-state index contributed by atoms with van der Waals surface area (Å²) in [5.41, 5.74) is 7.42. The van der Waals surface area contributed by atoms with Crippen molar-refractivity contribution >= 4 is 10.9 Å². The Hall–Kier alpha value is -3.87. The molecule has 0 fully saturated rings. The summed E-state index contributed by atoms with van der Waals surface area (Å²) in [5.74, 6) is 0. The van der Waals surface area contributed by atoms with E-state index in [-0.39, 0.29) is 0 Å². The minimum Gasteiger partial charge on any atom is -0.285 e. The summed E-state index contributed by atoms with van der Waals surface area (Å²) in [6.07, 6.45) is 5.51. The smallest absolute Gasteiger partial charge is 0.139 e. The maximum absolute atomic E-state index is 4.61. The van der Waals surface area contributed by atoms with E-state index in [1.807, 2.05) is 56.7 Å². The van der Waals surface area contributed by atoms with Gasteiger partial charge >= 0.3 is 0 Å². The van der Waals surface area contributed by atoms with Crippen molar-refractivity contribution in [3.63, 3.8) is 0 Å². The lowest BCUT2D eigenvalue weighted by Gasteiger charge is -2.07. The van der Waals surface area contributed by atoms with E-state index in [1.165, 1.54) is 0 Å². The molecule has 0 unspecified atom stereocenters. The molecule has 1 N–H and O–H groups in total. The number of aromatic amines is 1. The first-order valence-electron chi connectivity index (χ1n) is 8.92. The van der Waals surface area contributed by atoms with Crippen LogP contribution in [-0.4, -0.2) is 35.2 Å². The van der Waals surface area contributed by atoms with Gasteiger partial charge in [-0.25, -0.2) is 4.68 Å². The van der Waals surface area contributed by atoms with E-state index in [0.717, 1.165) is 50.4 Å². The highest BCUT2D eigenvalue weighted by atomic mass is 15.4. The van der Waals surface area contributed by atoms with E-state index < -0.39 is 0 Å². The molecule has 28 heavy (non-hydrogen) atoms. The number of nitrogens with zero attached hydrogens (tertiary/aromatic N) is 6. The molecule has 0 amide bonds. The number of rotatable bonds is 3. The van der Waals surface area contributed by atoms with E-state index in [9.17, 15) is 0 Å². The van der Waals surface area contributed by atoms with Crippen LogP contribution in [0.15, 0.2) is 61.1 Å². The summed E-state index contributed by atoms with van der Waals surface area (Å²) in [6, 6.07) is 14.2. The maximum Gasteiger partial charge on any atom is 0.139 e. The van der Waals surface area contributed by atoms with Gasteiger partial charge in [-0.05, 0) is 37.3 Å². The lowest BCUT2D eigenvalue weighted by Crippen LogP contribution is -1.95. The number of pyridine rings is 2. The Morgan fingerprint density at radius 2 is 1.86 bits per heavy atom. The standard InChI is InChI=1S/C21H17N7/c1-13-4-3-5-19(25-13)20-21(28(2)27-26-20)14-6-7-18-15(8-14)9-16(10-22-18)17-11-23-24-12-17/h3-12H,1-2H3,(H,23,24). The first kappa shape index (κ1) is 16.3. The number of H-pyrrole nitrogens is 1. The number of nitrogens with one attached hydrogen (secondary N) is 1. The Balaban J connectivity index is 1.67. The van der Waals surface area contributed by atoms with Crippen LogP contribution in [0.2, 0.25) is 0 Å². The second kappa shape index (κ2) is 6.38. The van der Waals surface area contributed by atoms with Crippen molar-refractivity contribution in [1.29, 1.82) is 0 Å². The van der Waals surface area contributed by atoms with Crippen molar-refractivity contribution < 1.29 is 0 Å². The van der Waals surface area contributed by atoms with Gasteiger partial charge in [0.15, 0.2) is 0 Å². The normalized spacial score (nSPS) is 11.2. The van der Waals surface area contributed by atoms with Crippen molar-refractivity contribution in [2.75, 3.05) is 0 Å². The quantitative estimate of drug-likeness (QED) is 0.524. The van der Waals surface area contributed by atoms with Crippen molar-refractivity contribution in [1.82, 2.24) is 35.2 Å². The molecule has 0 aliphatic carbocycles. The SMILES string of the molecule is Cc1cccc(-c2nnn(C)c2-c2ccc3ncc(-c4cn[nH]c4)cc3c2)n1. The van der Waals surface area contributed by atoms with E-state index >= 15 is 0 Å². The second-order valence-corrected chi connectivity index (χ2v) is 6.69. The Bertz CT molecular complexity index is 1290. The summed E-state index contributed by atoms with van der Waals surface area (Å²) in [5, 5.41) is 16.5. The fourth-order valence-corrected chi connectivity index (χ4v) is 3.37. The molecular weight excluding hydrogens is 350 g/mol. The molecule has 5 aromatic rings. The third-order valence-electron chi connectivity index (χ3n) is 4.74. The first-order chi connectivity index (χ1) is 13.7. The molecule has 0 atom stereocenters. The Labute approximate surface area is 161 Å². The highest BCUT2D eigenvalue weighted by Gasteiger charge is 2.16. The van der Waals surface area contributed by atoms with Crippen LogP contribution < -0.4 is 0 Å². The lowest BCUT2D eigenvalue weighted by atomic mass is 10.0. The average Bonchev–Trinajstić information content (AvgIpc) is 3.37. The molecule has 0 aliphatic rings. The first-order valence-corrected chi connectivity index (χ1v) is 8.92. The van der Waals surface area contributed by atoms with Gasteiger partial charge < -0.3 is 0 Å². The van der Waals surface area contributed by atoms with Crippen LogP contribution in [-0.2, 0) is 7.05 Å². The molecule has 7 heteroatoms. The zero-order chi connectivity index (χ0) is 19.1. The highest BCUT2D eigenvalue weighted by molar-refractivity contribution is 5.89. The third-order valence-corrected chi connectivity index (χ3v) is 4.74. The van der Waals surface area contributed by atoms with Crippen molar-refractivity contribution in [2.24, 2.45) is 7.05 Å². The Morgan fingerprint density at radius 1 is 0.964 bits per heavy atom. The second-order valence-electron chi connectivity index (χ2n) is 6.69. The largest absolute Gasteiger partial charge is 0.285 e. The monoisotopic (exact) mass is 367 g/mol. The lowest BCUT2D eigenvalue weighted by molar-refractivity contribution is 0.721. The molecular formula is C21H17N7. The van der Waals surface area contributed by atoms with Gasteiger partial charge in [0.25, 0.3) is 0 Å². The van der Waals surface area contributed by atoms with Gasteiger partial charge in [0.1, 0.15) is 5.69 Å². The highest BCUT2D eigenvalue weighted by Crippen LogP contribution is 2.31. The van der Waals surface area contributed by atoms with Crippen LogP contribution in [0.25, 0.3) is 44.7 Å². The minimum absolute atomic E-state index is 0.768. The predicted octanol–water partition coefficient (Wildman–Crippen LogP) is 3.79. The summed E-state index contributed by atoms with van der Waals surface area (Å²) in [4.78, 5) is 9.20. The van der Waals surface area contributed by atoms with Gasteiger partial charge in [-0.2, -0.15) is 5.10 Å². The molecule has 0 saturated carbocycles. The fourth-order valence-electron chi connectivity index (χ4n) is 3.37. The number of benzene rings is 1. The molecule has 136 valence electrons. The molecule has 0 aliphatic heterocycles. The summed E-state index contributed by atoms with van der Waals surface area (Å²) in [6.45, 7) is 1.97. The van der Waals surface area contributed by atoms with Crippen molar-refractivity contribution in [3.8, 4) is 33.8 Å². The number of hydrogen-bond donors (Lipinski definition) is 1. The topological polar surface area (TPSA) is 85.2 Å². The van der Waals surface area contributed by atoms with E-state index in [0.29, 0.717) is 0 Å². The number of fused-ring (bicyclic) bond motifs is 1. The van der Waals surface area contributed by atoms with Gasteiger partial charge in [-0.1, -0.05) is 17.3 Å². The summed E-state index contributed by atoms with van der Waals surface area (Å²) >= 11 is 0. The molecule has 0 spiro atoms. The van der Waals surface area contributed by atoms with Crippen LogP contribution in [0.4, 0.5) is 0 Å². The number of aromatic nitrogens is 7. The van der Waals surface area contributed by atoms with Crippen molar-refractivity contribution in [3.05, 3.63) is 66.7 Å². The van der Waals surface area contributed by atoms with Crippen LogP contribution in [0.5, 0.6) is 0 Å². The molecule has 0 bridgehead atoms. The van der Waals surface area contributed by atoms with Gasteiger partial charge in [-0.3, -0.25) is 15.1 Å². The van der Waals surface area contributed by atoms with E-state index in [2.05, 4.69) is 42.6 Å². The maximum atomic E-state index is 4.61. The minimum atomic E-state index is 0.768. The van der Waals surface area contributed by atoms with Crippen molar-refractivity contribution in [2.45, 2.75) is 6.92 Å². The summed E-state index contributed by atoms with van der Waals surface area (Å²) < 4.78 is 1.79. The Morgan fingerprint density at radius 3 is 2.68 bits per heavy atom. The molecule has 4 aromatic heterocycles. The molecule has 4 heterocycles. The molecule has 0 saturated heterocycles. The molecule has 1 aromatic carbocycles. The zero-order valence-electron chi connectivity index (χ0n) is 15.5. The third kappa shape index (κ3) is 2.73. The fraction of sp³-hybridized carbons (Fsp3) is 0.0952. The van der Waals surface area contributed by atoms with Gasteiger partial charge in [0.05, 0.1) is 23.1 Å². The Kier molecular flexibility index (Phi) is 3.72. The number of hydrogen-bond acceptors (Lipinski definition) is 5. The van der Waals surface area contributed by atoms with Crippen LogP contribution in [0, 0.1) is 6.92 Å². The zero-order valence-corrected chi connectivity index (χ0v) is 15.5.